The van der Waals surface area contributed by atoms with Crippen molar-refractivity contribution in [2.45, 2.75) is 91.0 Å². The lowest BCUT2D eigenvalue weighted by atomic mass is 10.0. The summed E-state index contributed by atoms with van der Waals surface area (Å²) in [5.74, 6) is 0.227. The van der Waals surface area contributed by atoms with E-state index < -0.39 is 5.54 Å². The Labute approximate surface area is 126 Å². The molecule has 0 aliphatic rings. The number of hydrogen-bond acceptors (Lipinski definition) is 2. The third-order valence-electron chi connectivity index (χ3n) is 3.52. The quantitative estimate of drug-likeness (QED) is 0.548. The van der Waals surface area contributed by atoms with Crippen molar-refractivity contribution in [2.75, 3.05) is 13.1 Å². The summed E-state index contributed by atoms with van der Waals surface area (Å²) < 4.78 is 0. The third-order valence-corrected chi connectivity index (χ3v) is 3.52. The van der Waals surface area contributed by atoms with Gasteiger partial charge in [-0.3, -0.25) is 4.79 Å². The highest BCUT2D eigenvalue weighted by atomic mass is 16.2. The Bertz CT molecular complexity index is 234. The Morgan fingerprint density at radius 2 is 1.35 bits per heavy atom. The molecule has 0 spiro atoms. The van der Waals surface area contributed by atoms with Gasteiger partial charge in [0, 0.05) is 25.0 Å². The Balaban J connectivity index is 4.18. The zero-order valence-corrected chi connectivity index (χ0v) is 14.2. The zero-order valence-electron chi connectivity index (χ0n) is 14.2. The molecule has 0 aromatic carbocycles. The number of carbonyl (C=O) groups is 1. The molecule has 0 aliphatic carbocycles. The van der Waals surface area contributed by atoms with Gasteiger partial charge in [0.1, 0.15) is 0 Å². The first-order valence-corrected chi connectivity index (χ1v) is 8.47. The number of amides is 1. The first-order chi connectivity index (χ1) is 9.40. The van der Waals surface area contributed by atoms with Crippen LogP contribution in [0.4, 0.5) is 0 Å². The zero-order chi connectivity index (χ0) is 15.4. The molecule has 0 bridgehead atoms. The maximum atomic E-state index is 12.3. The summed E-state index contributed by atoms with van der Waals surface area (Å²) >= 11 is 0. The molecule has 3 heteroatoms. The summed E-state index contributed by atoms with van der Waals surface area (Å²) in [5, 5.41) is 0. The highest BCUT2D eigenvalue weighted by molar-refractivity contribution is 5.77. The van der Waals surface area contributed by atoms with Gasteiger partial charge in [0.05, 0.1) is 0 Å². The number of unbranched alkanes of at least 4 members (excludes halogenated alkanes) is 6. The van der Waals surface area contributed by atoms with Crippen LogP contribution in [0.25, 0.3) is 0 Å². The van der Waals surface area contributed by atoms with Crippen molar-refractivity contribution in [2.24, 2.45) is 5.73 Å². The summed E-state index contributed by atoms with van der Waals surface area (Å²) in [7, 11) is 0. The molecule has 0 atom stereocenters. The maximum absolute atomic E-state index is 12.3. The van der Waals surface area contributed by atoms with E-state index >= 15 is 0 Å². The monoisotopic (exact) mass is 284 g/mol. The molecule has 0 aliphatic heterocycles. The van der Waals surface area contributed by atoms with E-state index in [1.165, 1.54) is 38.5 Å². The van der Waals surface area contributed by atoms with Crippen LogP contribution in [0.5, 0.6) is 0 Å². The smallest absolute Gasteiger partial charge is 0.224 e. The van der Waals surface area contributed by atoms with Crippen molar-refractivity contribution < 1.29 is 4.79 Å². The highest BCUT2D eigenvalue weighted by Gasteiger charge is 2.20. The Morgan fingerprint density at radius 1 is 0.900 bits per heavy atom. The number of nitrogens with two attached hydrogens (primary N) is 1. The summed E-state index contributed by atoms with van der Waals surface area (Å²) in [6.45, 7) is 10.1. The van der Waals surface area contributed by atoms with Gasteiger partial charge in [-0.2, -0.15) is 0 Å². The molecule has 0 aromatic heterocycles. The number of nitrogens with zero attached hydrogens (tertiary/aromatic N) is 1. The van der Waals surface area contributed by atoms with Crippen LogP contribution in [0, 0.1) is 0 Å². The van der Waals surface area contributed by atoms with Gasteiger partial charge in [-0.1, -0.05) is 52.4 Å². The first-order valence-electron chi connectivity index (χ1n) is 8.47. The lowest BCUT2D eigenvalue weighted by molar-refractivity contribution is -0.132. The summed E-state index contributed by atoms with van der Waals surface area (Å²) in [6, 6.07) is 0. The largest absolute Gasteiger partial charge is 0.343 e. The second-order valence-electron chi connectivity index (χ2n) is 6.67. The van der Waals surface area contributed by atoms with Crippen molar-refractivity contribution in [3.8, 4) is 0 Å². The van der Waals surface area contributed by atoms with Gasteiger partial charge in [0.2, 0.25) is 5.91 Å². The number of hydrogen-bond donors (Lipinski definition) is 1. The fraction of sp³-hybridized carbons (Fsp3) is 0.941. The van der Waals surface area contributed by atoms with Crippen LogP contribution < -0.4 is 5.73 Å². The molecular weight excluding hydrogens is 248 g/mol. The van der Waals surface area contributed by atoms with E-state index in [1.54, 1.807) is 0 Å². The Morgan fingerprint density at radius 3 is 1.70 bits per heavy atom. The van der Waals surface area contributed by atoms with Crippen molar-refractivity contribution >= 4 is 5.91 Å². The van der Waals surface area contributed by atoms with Crippen LogP contribution in [-0.2, 0) is 4.79 Å². The molecule has 0 rings (SSSR count). The van der Waals surface area contributed by atoms with Gasteiger partial charge in [-0.05, 0) is 26.7 Å². The molecule has 120 valence electrons. The lowest BCUT2D eigenvalue weighted by Crippen LogP contribution is -2.42. The maximum Gasteiger partial charge on any atom is 0.224 e. The molecule has 0 saturated heterocycles. The first kappa shape index (κ1) is 19.4. The van der Waals surface area contributed by atoms with Gasteiger partial charge in [0.25, 0.3) is 0 Å². The van der Waals surface area contributed by atoms with Crippen LogP contribution in [0.2, 0.25) is 0 Å². The van der Waals surface area contributed by atoms with Crippen LogP contribution in [0.1, 0.15) is 85.5 Å². The average Bonchev–Trinajstić information content (AvgIpc) is 2.34. The second-order valence-corrected chi connectivity index (χ2v) is 6.67. The normalized spacial score (nSPS) is 11.7. The molecule has 20 heavy (non-hydrogen) atoms. The van der Waals surface area contributed by atoms with Crippen molar-refractivity contribution in [3.63, 3.8) is 0 Å². The fourth-order valence-corrected chi connectivity index (χ4v) is 2.32. The molecule has 2 N–H and O–H groups in total. The van der Waals surface area contributed by atoms with Crippen LogP contribution in [0.15, 0.2) is 0 Å². The van der Waals surface area contributed by atoms with Crippen LogP contribution in [-0.4, -0.2) is 29.4 Å². The van der Waals surface area contributed by atoms with E-state index in [2.05, 4.69) is 13.8 Å². The Kier molecular flexibility index (Phi) is 10.8. The molecule has 0 fully saturated rings. The minimum atomic E-state index is -0.401. The van der Waals surface area contributed by atoms with Crippen LogP contribution >= 0.6 is 0 Å². The summed E-state index contributed by atoms with van der Waals surface area (Å²) in [6.07, 6.45) is 10.1. The SMILES string of the molecule is CCCCCCN(CCCCCC)C(=O)CC(C)(C)N. The lowest BCUT2D eigenvalue weighted by Gasteiger charge is -2.27. The summed E-state index contributed by atoms with van der Waals surface area (Å²) in [5.41, 5.74) is 5.58. The molecule has 0 heterocycles. The van der Waals surface area contributed by atoms with E-state index in [1.807, 2.05) is 18.7 Å². The predicted octanol–water partition coefficient (Wildman–Crippen LogP) is 4.10. The fourth-order valence-electron chi connectivity index (χ4n) is 2.32. The highest BCUT2D eigenvalue weighted by Crippen LogP contribution is 2.11. The topological polar surface area (TPSA) is 46.3 Å². The summed E-state index contributed by atoms with van der Waals surface area (Å²) in [4.78, 5) is 14.4. The van der Waals surface area contributed by atoms with Crippen LogP contribution in [0.3, 0.4) is 0 Å². The van der Waals surface area contributed by atoms with E-state index in [4.69, 9.17) is 5.73 Å². The Hall–Kier alpha value is -0.570. The van der Waals surface area contributed by atoms with Crippen molar-refractivity contribution in [3.05, 3.63) is 0 Å². The van der Waals surface area contributed by atoms with Gasteiger partial charge in [0.15, 0.2) is 0 Å². The second kappa shape index (κ2) is 11.1. The van der Waals surface area contributed by atoms with Gasteiger partial charge >= 0.3 is 0 Å². The minimum Gasteiger partial charge on any atom is -0.343 e. The molecule has 0 radical (unpaired) electrons. The van der Waals surface area contributed by atoms with Crippen molar-refractivity contribution in [1.82, 2.24) is 4.90 Å². The number of rotatable bonds is 12. The molecule has 0 saturated carbocycles. The molecular formula is C17H36N2O. The standard InChI is InChI=1S/C17H36N2O/c1-5-7-9-11-13-19(14-12-10-8-6-2)16(20)15-17(3,4)18/h5-15,18H2,1-4H3. The molecule has 1 amide bonds. The van der Waals surface area contributed by atoms with E-state index in [0.29, 0.717) is 6.42 Å². The van der Waals surface area contributed by atoms with Gasteiger partial charge < -0.3 is 10.6 Å². The van der Waals surface area contributed by atoms with Crippen molar-refractivity contribution in [1.29, 1.82) is 0 Å². The molecule has 0 unspecified atom stereocenters. The van der Waals surface area contributed by atoms with E-state index in [0.717, 1.165) is 25.9 Å². The van der Waals surface area contributed by atoms with E-state index in [-0.39, 0.29) is 5.91 Å². The van der Waals surface area contributed by atoms with Gasteiger partial charge in [-0.25, -0.2) is 0 Å². The molecule has 3 nitrogen and oxygen atoms in total. The molecule has 0 aromatic rings. The van der Waals surface area contributed by atoms with Gasteiger partial charge in [-0.15, -0.1) is 0 Å². The number of carbonyl (C=O) groups excluding carboxylic acids is 1. The average molecular weight is 284 g/mol. The minimum absolute atomic E-state index is 0.227. The van der Waals surface area contributed by atoms with E-state index in [9.17, 15) is 4.79 Å². The predicted molar refractivity (Wildman–Crippen MR) is 87.7 cm³/mol. The third kappa shape index (κ3) is 11.3.